The van der Waals surface area contributed by atoms with Gasteiger partial charge in [0, 0.05) is 21.7 Å². The molecule has 0 spiro atoms. The van der Waals surface area contributed by atoms with Crippen LogP contribution in [0.3, 0.4) is 0 Å². The molecule has 0 aliphatic carbocycles. The molecule has 1 saturated heterocycles. The number of fused-ring (bicyclic) bond motifs is 1. The predicted octanol–water partition coefficient (Wildman–Crippen LogP) is 4.10. The summed E-state index contributed by atoms with van der Waals surface area (Å²) >= 11 is 9.45. The monoisotopic (exact) mass is 478 g/mol. The Balaban J connectivity index is 1.45. The number of nitrogens with one attached hydrogen (secondary N) is 1. The summed E-state index contributed by atoms with van der Waals surface area (Å²) in [5.41, 5.74) is 1.61. The molecule has 0 aromatic heterocycles. The predicted molar refractivity (Wildman–Crippen MR) is 114 cm³/mol. The zero-order valence-corrected chi connectivity index (χ0v) is 18.1. The van der Waals surface area contributed by atoms with Crippen LogP contribution in [0.5, 0.6) is 11.5 Å². The van der Waals surface area contributed by atoms with Crippen molar-refractivity contribution in [2.45, 2.75) is 19.4 Å². The van der Waals surface area contributed by atoms with Crippen molar-refractivity contribution in [3.05, 3.63) is 51.5 Å². The maximum Gasteiger partial charge on any atom is 0.239 e. The first kappa shape index (κ1) is 20.0. The second-order valence-electron chi connectivity index (χ2n) is 7.06. The van der Waals surface area contributed by atoms with Gasteiger partial charge in [-0.3, -0.25) is 9.59 Å². The number of carbonyl (C=O) groups is 2. The van der Waals surface area contributed by atoms with Gasteiger partial charge in [0.25, 0.3) is 0 Å². The van der Waals surface area contributed by atoms with Crippen LogP contribution in [0.2, 0.25) is 5.02 Å². The SMILES string of the molecule is CC(NC(=O)C1CCN(c2ccc(Cl)cc2)C1=O)c1cc2c(cc1Br)OCCO2. The number of nitrogens with zero attached hydrogens (tertiary/aromatic N) is 1. The molecule has 2 aliphatic rings. The molecular weight excluding hydrogens is 460 g/mol. The van der Waals surface area contributed by atoms with Gasteiger partial charge in [0.05, 0.1) is 6.04 Å². The Bertz CT molecular complexity index is 950. The summed E-state index contributed by atoms with van der Waals surface area (Å²) in [4.78, 5) is 27.2. The van der Waals surface area contributed by atoms with E-state index in [1.54, 1.807) is 29.2 Å². The number of halogens is 2. The van der Waals surface area contributed by atoms with E-state index in [4.69, 9.17) is 21.1 Å². The molecule has 4 rings (SSSR count). The molecule has 2 unspecified atom stereocenters. The Morgan fingerprint density at radius 1 is 1.21 bits per heavy atom. The van der Waals surface area contributed by atoms with Gasteiger partial charge in [-0.2, -0.15) is 0 Å². The van der Waals surface area contributed by atoms with Gasteiger partial charge in [-0.1, -0.05) is 27.5 Å². The van der Waals surface area contributed by atoms with Gasteiger partial charge in [-0.25, -0.2) is 0 Å². The van der Waals surface area contributed by atoms with Crippen molar-refractivity contribution in [3.8, 4) is 11.5 Å². The van der Waals surface area contributed by atoms with E-state index in [0.29, 0.717) is 42.7 Å². The van der Waals surface area contributed by atoms with Crippen LogP contribution in [-0.4, -0.2) is 31.6 Å². The lowest BCUT2D eigenvalue weighted by molar-refractivity contribution is -0.132. The van der Waals surface area contributed by atoms with E-state index in [1.807, 2.05) is 19.1 Å². The summed E-state index contributed by atoms with van der Waals surface area (Å²) in [6, 6.07) is 10.4. The van der Waals surface area contributed by atoms with Crippen LogP contribution in [0.15, 0.2) is 40.9 Å². The third-order valence-electron chi connectivity index (χ3n) is 5.15. The van der Waals surface area contributed by atoms with Crippen molar-refractivity contribution in [1.82, 2.24) is 5.32 Å². The molecule has 2 aromatic rings. The third kappa shape index (κ3) is 4.07. The maximum absolute atomic E-state index is 12.8. The van der Waals surface area contributed by atoms with Gasteiger partial charge in [0.1, 0.15) is 19.1 Å². The number of amides is 2. The molecule has 8 heteroatoms. The Morgan fingerprint density at radius 2 is 1.86 bits per heavy atom. The van der Waals surface area contributed by atoms with Crippen molar-refractivity contribution in [3.63, 3.8) is 0 Å². The lowest BCUT2D eigenvalue weighted by Gasteiger charge is -2.23. The average Bonchev–Trinajstić information content (AvgIpc) is 3.09. The standard InChI is InChI=1S/C21H20BrClN2O4/c1-12(16-10-18-19(11-17(16)22)29-9-8-28-18)24-20(26)15-6-7-25(21(15)27)14-4-2-13(23)3-5-14/h2-5,10-12,15H,6-9H2,1H3,(H,24,26). The van der Waals surface area contributed by atoms with Crippen molar-refractivity contribution in [2.24, 2.45) is 5.92 Å². The number of hydrogen-bond acceptors (Lipinski definition) is 4. The van der Waals surface area contributed by atoms with Gasteiger partial charge in [0.15, 0.2) is 11.5 Å². The number of ether oxygens (including phenoxy) is 2. The summed E-state index contributed by atoms with van der Waals surface area (Å²) in [6.45, 7) is 3.38. The van der Waals surface area contributed by atoms with Crippen molar-refractivity contribution in [2.75, 3.05) is 24.7 Å². The zero-order valence-electron chi connectivity index (χ0n) is 15.8. The van der Waals surface area contributed by atoms with Crippen LogP contribution in [0.1, 0.15) is 24.9 Å². The van der Waals surface area contributed by atoms with Gasteiger partial charge < -0.3 is 19.7 Å². The van der Waals surface area contributed by atoms with Crippen LogP contribution < -0.4 is 19.7 Å². The maximum atomic E-state index is 12.8. The third-order valence-corrected chi connectivity index (χ3v) is 6.09. The fourth-order valence-electron chi connectivity index (χ4n) is 3.60. The topological polar surface area (TPSA) is 67.9 Å². The largest absolute Gasteiger partial charge is 0.486 e. The summed E-state index contributed by atoms with van der Waals surface area (Å²) in [5, 5.41) is 3.57. The number of hydrogen-bond donors (Lipinski definition) is 1. The molecule has 1 fully saturated rings. The molecule has 2 heterocycles. The average molecular weight is 480 g/mol. The van der Waals surface area contributed by atoms with Crippen molar-refractivity contribution >= 4 is 45.0 Å². The molecule has 2 aliphatic heterocycles. The zero-order chi connectivity index (χ0) is 20.5. The second kappa shape index (κ2) is 8.24. The van der Waals surface area contributed by atoms with Crippen LogP contribution in [0, 0.1) is 5.92 Å². The fraction of sp³-hybridized carbons (Fsp3) is 0.333. The molecule has 0 saturated carbocycles. The summed E-state index contributed by atoms with van der Waals surface area (Å²) in [5.74, 6) is 0.152. The number of benzene rings is 2. The van der Waals surface area contributed by atoms with E-state index in [0.717, 1.165) is 15.7 Å². The van der Waals surface area contributed by atoms with Gasteiger partial charge in [0.2, 0.25) is 11.8 Å². The highest BCUT2D eigenvalue weighted by Gasteiger charge is 2.38. The first-order valence-corrected chi connectivity index (χ1v) is 10.6. The highest BCUT2D eigenvalue weighted by atomic mass is 79.9. The van der Waals surface area contributed by atoms with Crippen molar-refractivity contribution in [1.29, 1.82) is 0 Å². The minimum Gasteiger partial charge on any atom is -0.486 e. The highest BCUT2D eigenvalue weighted by Crippen LogP contribution is 2.38. The van der Waals surface area contributed by atoms with E-state index < -0.39 is 5.92 Å². The van der Waals surface area contributed by atoms with Gasteiger partial charge in [-0.05, 0) is 55.3 Å². The molecule has 2 aromatic carbocycles. The minimum atomic E-state index is -0.705. The first-order valence-electron chi connectivity index (χ1n) is 9.40. The summed E-state index contributed by atoms with van der Waals surface area (Å²) in [6.07, 6.45) is 0.475. The Morgan fingerprint density at radius 3 is 2.55 bits per heavy atom. The van der Waals surface area contributed by atoms with Crippen LogP contribution in [0.25, 0.3) is 0 Å². The Kier molecular flexibility index (Phi) is 5.69. The molecule has 152 valence electrons. The van der Waals surface area contributed by atoms with E-state index in [-0.39, 0.29) is 17.9 Å². The number of carbonyl (C=O) groups excluding carboxylic acids is 2. The first-order chi connectivity index (χ1) is 13.9. The molecule has 0 bridgehead atoms. The smallest absolute Gasteiger partial charge is 0.239 e. The Hall–Kier alpha value is -2.25. The molecular formula is C21H20BrClN2O4. The summed E-state index contributed by atoms with van der Waals surface area (Å²) < 4.78 is 12.0. The van der Waals surface area contributed by atoms with E-state index in [9.17, 15) is 9.59 Å². The lowest BCUT2D eigenvalue weighted by atomic mass is 10.0. The lowest BCUT2D eigenvalue weighted by Crippen LogP contribution is -2.38. The fourth-order valence-corrected chi connectivity index (χ4v) is 4.40. The normalized spacial score (nSPS) is 19.2. The van der Waals surface area contributed by atoms with Crippen LogP contribution >= 0.6 is 27.5 Å². The van der Waals surface area contributed by atoms with E-state index >= 15 is 0 Å². The van der Waals surface area contributed by atoms with Crippen molar-refractivity contribution < 1.29 is 19.1 Å². The van der Waals surface area contributed by atoms with Crippen LogP contribution in [-0.2, 0) is 9.59 Å². The second-order valence-corrected chi connectivity index (χ2v) is 8.35. The number of rotatable bonds is 4. The molecule has 1 N–H and O–H groups in total. The molecule has 29 heavy (non-hydrogen) atoms. The molecule has 6 nitrogen and oxygen atoms in total. The van der Waals surface area contributed by atoms with Gasteiger partial charge in [-0.15, -0.1) is 0 Å². The molecule has 2 amide bonds. The molecule has 0 radical (unpaired) electrons. The molecule has 2 atom stereocenters. The van der Waals surface area contributed by atoms with E-state index in [2.05, 4.69) is 21.2 Å². The number of anilines is 1. The highest BCUT2D eigenvalue weighted by molar-refractivity contribution is 9.10. The minimum absolute atomic E-state index is 0.196. The van der Waals surface area contributed by atoms with Crippen LogP contribution in [0.4, 0.5) is 5.69 Å². The Labute approximate surface area is 182 Å². The van der Waals surface area contributed by atoms with Gasteiger partial charge >= 0.3 is 0 Å². The summed E-state index contributed by atoms with van der Waals surface area (Å²) in [7, 11) is 0. The quantitative estimate of drug-likeness (QED) is 0.670. The van der Waals surface area contributed by atoms with E-state index in [1.165, 1.54) is 0 Å².